The van der Waals surface area contributed by atoms with Crippen molar-refractivity contribution in [1.82, 2.24) is 5.32 Å². The Balaban J connectivity index is 0. The van der Waals surface area contributed by atoms with E-state index >= 15 is 0 Å². The van der Waals surface area contributed by atoms with E-state index < -0.39 is 0 Å². The summed E-state index contributed by atoms with van der Waals surface area (Å²) >= 11 is 0. The van der Waals surface area contributed by atoms with E-state index in [9.17, 15) is 0 Å². The molecular formula is C11H23N. The minimum atomic E-state index is 0.956. The van der Waals surface area contributed by atoms with Crippen LogP contribution in [0.3, 0.4) is 0 Å². The molecule has 0 spiro atoms. The number of terminal acetylenes is 1. The van der Waals surface area contributed by atoms with Crippen LogP contribution in [0, 0.1) is 18.8 Å². The average molecular weight is 169 g/mol. The molecule has 1 unspecified atom stereocenters. The number of rotatable bonds is 6. The van der Waals surface area contributed by atoms with Crippen molar-refractivity contribution in [2.24, 2.45) is 5.92 Å². The minimum Gasteiger partial charge on any atom is -0.320 e. The molecular weight excluding hydrogens is 146 g/mol. The molecule has 0 aromatic heterocycles. The van der Waals surface area contributed by atoms with Gasteiger partial charge in [-0.05, 0) is 25.9 Å². The monoisotopic (exact) mass is 169 g/mol. The lowest BCUT2D eigenvalue weighted by atomic mass is 9.97. The van der Waals surface area contributed by atoms with Crippen molar-refractivity contribution in [3.05, 3.63) is 0 Å². The van der Waals surface area contributed by atoms with Gasteiger partial charge in [-0.2, -0.15) is 0 Å². The third-order valence-electron chi connectivity index (χ3n) is 2.08. The van der Waals surface area contributed by atoms with Crippen molar-refractivity contribution in [3.63, 3.8) is 0 Å². The maximum atomic E-state index is 4.00. The molecule has 0 saturated heterocycles. The van der Waals surface area contributed by atoms with E-state index in [1.165, 1.54) is 32.2 Å². The van der Waals surface area contributed by atoms with Crippen molar-refractivity contribution in [3.8, 4) is 12.8 Å². The lowest BCUT2D eigenvalue weighted by molar-refractivity contribution is 0.426. The molecule has 0 heterocycles. The van der Waals surface area contributed by atoms with Crippen molar-refractivity contribution in [2.45, 2.75) is 39.5 Å². The molecule has 0 fully saturated rings. The first-order valence-electron chi connectivity index (χ1n) is 4.83. The van der Waals surface area contributed by atoms with E-state index in [0.29, 0.717) is 0 Å². The molecule has 0 saturated carbocycles. The third kappa shape index (κ3) is 9.52. The van der Waals surface area contributed by atoms with Crippen molar-refractivity contribution < 1.29 is 0 Å². The zero-order valence-corrected chi connectivity index (χ0v) is 8.77. The maximum Gasteiger partial charge on any atom is -0.00493 e. The lowest BCUT2D eigenvalue weighted by Crippen LogP contribution is -2.12. The lowest BCUT2D eigenvalue weighted by Gasteiger charge is -2.12. The Labute approximate surface area is 77.9 Å². The molecule has 1 heteroatoms. The largest absolute Gasteiger partial charge is 0.320 e. The van der Waals surface area contributed by atoms with Crippen molar-refractivity contribution in [1.29, 1.82) is 0 Å². The summed E-state index contributed by atoms with van der Waals surface area (Å²) in [5.41, 5.74) is 0. The predicted molar refractivity (Wildman–Crippen MR) is 57.1 cm³/mol. The van der Waals surface area contributed by atoms with E-state index in [0.717, 1.165) is 5.92 Å². The second-order valence-corrected chi connectivity index (χ2v) is 2.96. The summed E-state index contributed by atoms with van der Waals surface area (Å²) in [6.07, 6.45) is 13.4. The molecule has 72 valence electrons. The second kappa shape index (κ2) is 13.1. The van der Waals surface area contributed by atoms with Gasteiger partial charge in [-0.15, -0.1) is 12.8 Å². The molecule has 1 N–H and O–H groups in total. The summed E-state index contributed by atoms with van der Waals surface area (Å²) in [7, 11) is 2.03. The van der Waals surface area contributed by atoms with Crippen LogP contribution < -0.4 is 5.32 Å². The summed E-state index contributed by atoms with van der Waals surface area (Å²) in [5, 5.41) is 3.19. The van der Waals surface area contributed by atoms with Crippen LogP contribution in [-0.2, 0) is 0 Å². The molecule has 1 nitrogen and oxygen atoms in total. The normalized spacial score (nSPS) is 11.4. The van der Waals surface area contributed by atoms with Gasteiger partial charge >= 0.3 is 0 Å². The molecule has 0 rings (SSSR count). The Morgan fingerprint density at radius 1 is 1.17 bits per heavy atom. The fraction of sp³-hybridized carbons (Fsp3) is 0.818. The van der Waals surface area contributed by atoms with Gasteiger partial charge < -0.3 is 5.32 Å². The molecule has 0 radical (unpaired) electrons. The van der Waals surface area contributed by atoms with Crippen molar-refractivity contribution in [2.75, 3.05) is 13.6 Å². The molecule has 0 aromatic carbocycles. The van der Waals surface area contributed by atoms with Gasteiger partial charge in [0.15, 0.2) is 0 Å². The summed E-state index contributed by atoms with van der Waals surface area (Å²) in [6, 6.07) is 0. The van der Waals surface area contributed by atoms with Crippen LogP contribution in [0.5, 0.6) is 0 Å². The fourth-order valence-corrected chi connectivity index (χ4v) is 1.31. The first-order chi connectivity index (χ1) is 5.85. The predicted octanol–water partition coefficient (Wildman–Crippen LogP) is 2.67. The van der Waals surface area contributed by atoms with E-state index in [2.05, 4.69) is 32.0 Å². The zero-order chi connectivity index (χ0) is 9.82. The Morgan fingerprint density at radius 3 is 2.08 bits per heavy atom. The highest BCUT2D eigenvalue weighted by atomic mass is 14.8. The number of hydrogen-bond acceptors (Lipinski definition) is 1. The average Bonchev–Trinajstić information content (AvgIpc) is 2.15. The van der Waals surface area contributed by atoms with E-state index in [-0.39, 0.29) is 0 Å². The molecule has 12 heavy (non-hydrogen) atoms. The standard InChI is InChI=1S/C9H21N.C2H2/c1-4-6-9(5-2)7-8-10-3;1-2/h9-10H,4-8H2,1-3H3;1-2H. The van der Waals surface area contributed by atoms with E-state index in [1.54, 1.807) is 0 Å². The van der Waals surface area contributed by atoms with E-state index in [4.69, 9.17) is 0 Å². The molecule has 0 bridgehead atoms. The van der Waals surface area contributed by atoms with Gasteiger partial charge in [-0.25, -0.2) is 0 Å². The van der Waals surface area contributed by atoms with Gasteiger partial charge in [-0.3, -0.25) is 0 Å². The fourth-order valence-electron chi connectivity index (χ4n) is 1.31. The van der Waals surface area contributed by atoms with Gasteiger partial charge in [0.2, 0.25) is 0 Å². The summed E-state index contributed by atoms with van der Waals surface area (Å²) in [5.74, 6) is 0.956. The maximum absolute atomic E-state index is 4.00. The Morgan fingerprint density at radius 2 is 1.75 bits per heavy atom. The highest BCUT2D eigenvalue weighted by molar-refractivity contribution is 4.57. The topological polar surface area (TPSA) is 12.0 Å². The SMILES string of the molecule is C#C.CCCC(CC)CCNC. The Hall–Kier alpha value is -0.480. The highest BCUT2D eigenvalue weighted by Gasteiger charge is 2.02. The van der Waals surface area contributed by atoms with Gasteiger partial charge in [0, 0.05) is 0 Å². The van der Waals surface area contributed by atoms with Gasteiger partial charge in [0.05, 0.1) is 0 Å². The summed E-state index contributed by atoms with van der Waals surface area (Å²) < 4.78 is 0. The molecule has 0 aliphatic carbocycles. The Kier molecular flexibility index (Phi) is 15.4. The van der Waals surface area contributed by atoms with Crippen LogP contribution in [0.2, 0.25) is 0 Å². The first kappa shape index (κ1) is 14.1. The van der Waals surface area contributed by atoms with Crippen LogP contribution in [0.25, 0.3) is 0 Å². The van der Waals surface area contributed by atoms with Gasteiger partial charge in [0.1, 0.15) is 0 Å². The third-order valence-corrected chi connectivity index (χ3v) is 2.08. The number of nitrogens with one attached hydrogen (secondary N) is 1. The molecule has 0 amide bonds. The van der Waals surface area contributed by atoms with E-state index in [1.807, 2.05) is 7.05 Å². The van der Waals surface area contributed by atoms with Crippen molar-refractivity contribution >= 4 is 0 Å². The Bertz CT molecular complexity index is 86.3. The highest BCUT2D eigenvalue weighted by Crippen LogP contribution is 2.13. The molecule has 1 atom stereocenters. The smallest absolute Gasteiger partial charge is 0.00493 e. The van der Waals surface area contributed by atoms with Gasteiger partial charge in [0.25, 0.3) is 0 Å². The summed E-state index contributed by atoms with van der Waals surface area (Å²) in [6.45, 7) is 5.73. The van der Waals surface area contributed by atoms with Crippen LogP contribution >= 0.6 is 0 Å². The van der Waals surface area contributed by atoms with Crippen LogP contribution in [0.15, 0.2) is 0 Å². The first-order valence-corrected chi connectivity index (χ1v) is 4.83. The molecule has 0 aliphatic heterocycles. The summed E-state index contributed by atoms with van der Waals surface area (Å²) in [4.78, 5) is 0. The van der Waals surface area contributed by atoms with Crippen LogP contribution in [0.1, 0.15) is 39.5 Å². The molecule has 0 aromatic rings. The van der Waals surface area contributed by atoms with Gasteiger partial charge in [-0.1, -0.05) is 33.1 Å². The second-order valence-electron chi connectivity index (χ2n) is 2.96. The number of hydrogen-bond donors (Lipinski definition) is 1. The quantitative estimate of drug-likeness (QED) is 0.603. The molecule has 0 aliphatic rings. The zero-order valence-electron chi connectivity index (χ0n) is 8.77. The van der Waals surface area contributed by atoms with Crippen LogP contribution in [0.4, 0.5) is 0 Å². The minimum absolute atomic E-state index is 0.956. The van der Waals surface area contributed by atoms with Crippen LogP contribution in [-0.4, -0.2) is 13.6 Å².